The largest absolute Gasteiger partial charge is 0.472 e. The SMILES string of the molecule is Cc1cccnc1-c1ccccc1C(=O)N1C[C@H]2C[C@@H](Oc3ccc(C(F)(F)F)cn3)[C@@H]1C2. The molecule has 5 rings (SSSR count). The molecule has 2 fully saturated rings. The van der Waals surface area contributed by atoms with Crippen molar-refractivity contribution in [2.24, 2.45) is 5.92 Å². The smallest absolute Gasteiger partial charge is 0.417 e. The van der Waals surface area contributed by atoms with Crippen molar-refractivity contribution in [3.05, 3.63) is 77.6 Å². The zero-order chi connectivity index (χ0) is 23.2. The average Bonchev–Trinajstić information content (AvgIpc) is 3.39. The van der Waals surface area contributed by atoms with Gasteiger partial charge in [0.15, 0.2) is 0 Å². The van der Waals surface area contributed by atoms with Crippen molar-refractivity contribution in [3.63, 3.8) is 0 Å². The van der Waals surface area contributed by atoms with E-state index in [1.807, 2.05) is 48.2 Å². The quantitative estimate of drug-likeness (QED) is 0.548. The third-order valence-electron chi connectivity index (χ3n) is 6.44. The molecular formula is C25H22F3N3O2. The van der Waals surface area contributed by atoms with E-state index in [1.165, 1.54) is 6.07 Å². The molecule has 0 N–H and O–H groups in total. The molecule has 2 aromatic heterocycles. The molecule has 3 aromatic rings. The third-order valence-corrected chi connectivity index (χ3v) is 6.44. The van der Waals surface area contributed by atoms with Crippen molar-refractivity contribution in [1.29, 1.82) is 0 Å². The Labute approximate surface area is 189 Å². The summed E-state index contributed by atoms with van der Waals surface area (Å²) in [4.78, 5) is 23.7. The number of carbonyl (C=O) groups is 1. The number of piperidine rings is 1. The molecule has 1 aliphatic heterocycles. The Bertz CT molecular complexity index is 1180. The minimum atomic E-state index is -4.44. The monoisotopic (exact) mass is 453 g/mol. The molecule has 1 amide bonds. The maximum absolute atomic E-state index is 13.6. The molecule has 2 bridgehead atoms. The number of likely N-dealkylation sites (tertiary alicyclic amines) is 1. The van der Waals surface area contributed by atoms with Crippen LogP contribution in [-0.2, 0) is 6.18 Å². The number of rotatable bonds is 4. The summed E-state index contributed by atoms with van der Waals surface area (Å²) in [6, 6.07) is 13.3. The van der Waals surface area contributed by atoms with E-state index in [0.717, 1.165) is 41.9 Å². The van der Waals surface area contributed by atoms with E-state index in [2.05, 4.69) is 9.97 Å². The van der Waals surface area contributed by atoms with Gasteiger partial charge in [-0.25, -0.2) is 4.98 Å². The van der Waals surface area contributed by atoms with Crippen LogP contribution in [0.25, 0.3) is 11.3 Å². The summed E-state index contributed by atoms with van der Waals surface area (Å²) in [7, 11) is 0. The number of halogens is 3. The number of ether oxygens (including phenoxy) is 1. The van der Waals surface area contributed by atoms with Crippen LogP contribution in [0.1, 0.15) is 34.3 Å². The maximum atomic E-state index is 13.6. The zero-order valence-corrected chi connectivity index (χ0v) is 17.9. The van der Waals surface area contributed by atoms with Gasteiger partial charge < -0.3 is 9.64 Å². The second-order valence-corrected chi connectivity index (χ2v) is 8.62. The van der Waals surface area contributed by atoms with Gasteiger partial charge in [0.1, 0.15) is 6.10 Å². The second-order valence-electron chi connectivity index (χ2n) is 8.62. The average molecular weight is 453 g/mol. The van der Waals surface area contributed by atoms with Gasteiger partial charge >= 0.3 is 6.18 Å². The van der Waals surface area contributed by atoms with Crippen LogP contribution < -0.4 is 4.74 Å². The number of benzene rings is 1. The van der Waals surface area contributed by atoms with E-state index < -0.39 is 11.7 Å². The molecule has 1 aromatic carbocycles. The van der Waals surface area contributed by atoms with Gasteiger partial charge in [-0.3, -0.25) is 9.78 Å². The summed E-state index contributed by atoms with van der Waals surface area (Å²) in [5.41, 5.74) is 2.30. The summed E-state index contributed by atoms with van der Waals surface area (Å²) >= 11 is 0. The highest BCUT2D eigenvalue weighted by Gasteiger charge is 2.48. The van der Waals surface area contributed by atoms with Crippen molar-refractivity contribution >= 4 is 5.91 Å². The van der Waals surface area contributed by atoms with Crippen LogP contribution in [-0.4, -0.2) is 39.5 Å². The molecule has 33 heavy (non-hydrogen) atoms. The number of pyridine rings is 2. The van der Waals surface area contributed by atoms with Crippen LogP contribution in [0.15, 0.2) is 60.9 Å². The van der Waals surface area contributed by atoms with Gasteiger partial charge in [-0.2, -0.15) is 13.2 Å². The van der Waals surface area contributed by atoms with E-state index in [9.17, 15) is 18.0 Å². The van der Waals surface area contributed by atoms with Crippen LogP contribution in [0.4, 0.5) is 13.2 Å². The maximum Gasteiger partial charge on any atom is 0.417 e. The summed E-state index contributed by atoms with van der Waals surface area (Å²) in [5.74, 6) is 0.344. The highest BCUT2D eigenvalue weighted by Crippen LogP contribution is 2.41. The molecule has 2 aliphatic rings. The Hall–Kier alpha value is -3.42. The van der Waals surface area contributed by atoms with E-state index in [0.29, 0.717) is 18.0 Å². The Morgan fingerprint density at radius 3 is 2.58 bits per heavy atom. The summed E-state index contributed by atoms with van der Waals surface area (Å²) in [6.07, 6.45) is -0.708. The second kappa shape index (κ2) is 8.17. The lowest BCUT2D eigenvalue weighted by molar-refractivity contribution is -0.137. The number of hydrogen-bond donors (Lipinski definition) is 0. The minimum absolute atomic E-state index is 0.0863. The molecule has 0 radical (unpaired) electrons. The molecule has 8 heteroatoms. The van der Waals surface area contributed by atoms with Crippen molar-refractivity contribution < 1.29 is 22.7 Å². The molecule has 1 saturated heterocycles. The van der Waals surface area contributed by atoms with Crippen LogP contribution in [0.3, 0.4) is 0 Å². The number of carbonyl (C=O) groups excluding carboxylic acids is 1. The van der Waals surface area contributed by atoms with Gasteiger partial charge in [0.05, 0.1) is 17.3 Å². The van der Waals surface area contributed by atoms with Crippen LogP contribution >= 0.6 is 0 Å². The van der Waals surface area contributed by atoms with E-state index in [-0.39, 0.29) is 23.9 Å². The number of alkyl halides is 3. The summed E-state index contributed by atoms with van der Waals surface area (Å²) in [6.45, 7) is 2.60. The predicted molar refractivity (Wildman–Crippen MR) is 116 cm³/mol. The highest BCUT2D eigenvalue weighted by molar-refractivity contribution is 6.01. The van der Waals surface area contributed by atoms with Gasteiger partial charge in [-0.05, 0) is 49.4 Å². The zero-order valence-electron chi connectivity index (χ0n) is 17.9. The Kier molecular flexibility index (Phi) is 5.31. The first-order valence-electron chi connectivity index (χ1n) is 10.8. The molecule has 1 saturated carbocycles. The van der Waals surface area contributed by atoms with Gasteiger partial charge in [0.2, 0.25) is 5.88 Å². The van der Waals surface area contributed by atoms with E-state index >= 15 is 0 Å². The predicted octanol–water partition coefficient (Wildman–Crippen LogP) is 5.15. The number of aromatic nitrogens is 2. The number of amides is 1. The minimum Gasteiger partial charge on any atom is -0.472 e. The molecule has 3 heterocycles. The lowest BCUT2D eigenvalue weighted by Crippen LogP contribution is -2.47. The number of aryl methyl sites for hydroxylation is 1. The third kappa shape index (κ3) is 4.05. The Morgan fingerprint density at radius 2 is 1.88 bits per heavy atom. The molecule has 170 valence electrons. The van der Waals surface area contributed by atoms with Gasteiger partial charge in [0.25, 0.3) is 5.91 Å². The molecule has 0 unspecified atom stereocenters. The summed E-state index contributed by atoms with van der Waals surface area (Å²) in [5, 5.41) is 0. The fraction of sp³-hybridized carbons (Fsp3) is 0.320. The topological polar surface area (TPSA) is 55.3 Å². The van der Waals surface area contributed by atoms with Gasteiger partial charge in [0, 0.05) is 36.1 Å². The summed E-state index contributed by atoms with van der Waals surface area (Å²) < 4.78 is 44.3. The Morgan fingerprint density at radius 1 is 1.06 bits per heavy atom. The van der Waals surface area contributed by atoms with Crippen LogP contribution in [0.5, 0.6) is 5.88 Å². The Balaban J connectivity index is 1.37. The van der Waals surface area contributed by atoms with Gasteiger partial charge in [-0.1, -0.05) is 24.3 Å². The lowest BCUT2D eigenvalue weighted by atomic mass is 9.98. The van der Waals surface area contributed by atoms with Crippen LogP contribution in [0, 0.1) is 12.8 Å². The van der Waals surface area contributed by atoms with Crippen LogP contribution in [0.2, 0.25) is 0 Å². The fourth-order valence-corrected chi connectivity index (χ4v) is 4.90. The molecule has 3 atom stereocenters. The highest BCUT2D eigenvalue weighted by atomic mass is 19.4. The number of nitrogens with zero attached hydrogens (tertiary/aromatic N) is 3. The fourth-order valence-electron chi connectivity index (χ4n) is 4.90. The molecule has 1 aliphatic carbocycles. The van der Waals surface area contributed by atoms with E-state index in [4.69, 9.17) is 4.74 Å². The standard InChI is InChI=1S/C25H22F3N3O2/c1-15-5-4-10-29-23(15)18-6-2-3-7-19(18)24(32)31-14-16-11-20(31)21(12-16)33-22-9-8-17(13-30-22)25(26,27)28/h2-10,13,16,20-21H,11-12,14H2,1H3/t16-,20+,21-/m1/s1. The molecule has 5 nitrogen and oxygen atoms in total. The first-order valence-corrected chi connectivity index (χ1v) is 10.8. The first kappa shape index (κ1) is 21.4. The van der Waals surface area contributed by atoms with Crippen molar-refractivity contribution in [1.82, 2.24) is 14.9 Å². The first-order chi connectivity index (χ1) is 15.8. The van der Waals surface area contributed by atoms with E-state index in [1.54, 1.807) is 6.20 Å². The van der Waals surface area contributed by atoms with Crippen molar-refractivity contribution in [3.8, 4) is 17.1 Å². The van der Waals surface area contributed by atoms with Gasteiger partial charge in [-0.15, -0.1) is 0 Å². The van der Waals surface area contributed by atoms with Crippen molar-refractivity contribution in [2.75, 3.05) is 6.54 Å². The molecular weight excluding hydrogens is 431 g/mol. The normalized spacial score (nSPS) is 21.9. The lowest BCUT2D eigenvalue weighted by Gasteiger charge is -2.33. The van der Waals surface area contributed by atoms with Crippen molar-refractivity contribution in [2.45, 2.75) is 38.1 Å². The molecule has 0 spiro atoms. The number of hydrogen-bond acceptors (Lipinski definition) is 4. The number of fused-ring (bicyclic) bond motifs is 2.